The third-order valence-corrected chi connectivity index (χ3v) is 4.63. The van der Waals surface area contributed by atoms with Crippen molar-refractivity contribution in [2.45, 2.75) is 51.2 Å². The zero-order valence-corrected chi connectivity index (χ0v) is 11.9. The van der Waals surface area contributed by atoms with Crippen LogP contribution < -0.4 is 5.32 Å². The van der Waals surface area contributed by atoms with E-state index in [1.54, 1.807) is 0 Å². The molecule has 0 spiro atoms. The Kier molecular flexibility index (Phi) is 4.86. The molecule has 4 atom stereocenters. The smallest absolute Gasteiger partial charge is 0.326 e. The van der Waals surface area contributed by atoms with Gasteiger partial charge in [0, 0.05) is 19.5 Å². The fourth-order valence-electron chi connectivity index (χ4n) is 3.29. The van der Waals surface area contributed by atoms with Gasteiger partial charge in [0.2, 0.25) is 0 Å². The van der Waals surface area contributed by atoms with Gasteiger partial charge in [-0.3, -0.25) is 0 Å². The predicted octanol–water partition coefficient (Wildman–Crippen LogP) is 1.04. The third-order valence-electron chi connectivity index (χ3n) is 4.63. The molecule has 1 aliphatic heterocycles. The molecule has 4 unspecified atom stereocenters. The number of β-amino-alcohol motifs (C(OH)–C–C–N with tert-alkyl or cyclic N) is 1. The lowest BCUT2D eigenvalue weighted by Crippen LogP contribution is -2.47. The van der Waals surface area contributed by atoms with E-state index in [1.165, 1.54) is 24.2 Å². The number of nitrogens with zero attached hydrogens (tertiary/aromatic N) is 1. The van der Waals surface area contributed by atoms with E-state index in [-0.39, 0.29) is 19.0 Å². The largest absolute Gasteiger partial charge is 0.480 e. The zero-order chi connectivity index (χ0) is 14.7. The number of rotatable bonds is 3. The van der Waals surface area contributed by atoms with Crippen LogP contribution in [0.15, 0.2) is 0 Å². The molecule has 2 aliphatic rings. The molecule has 6 heteroatoms. The van der Waals surface area contributed by atoms with Crippen molar-refractivity contribution in [2.75, 3.05) is 13.1 Å². The first kappa shape index (κ1) is 15.1. The Balaban J connectivity index is 1.86. The number of nitrogens with one attached hydrogen (secondary N) is 1. The summed E-state index contributed by atoms with van der Waals surface area (Å²) in [5, 5.41) is 21.5. The van der Waals surface area contributed by atoms with Gasteiger partial charge in [-0.05, 0) is 18.3 Å². The van der Waals surface area contributed by atoms with E-state index in [0.717, 1.165) is 6.42 Å². The fraction of sp³-hybridized carbons (Fsp3) is 0.857. The van der Waals surface area contributed by atoms with Crippen molar-refractivity contribution >= 4 is 12.0 Å². The number of hydrogen-bond donors (Lipinski definition) is 3. The summed E-state index contributed by atoms with van der Waals surface area (Å²) in [5.41, 5.74) is 0. The highest BCUT2D eigenvalue weighted by molar-refractivity contribution is 5.83. The Hall–Kier alpha value is -1.30. The first-order valence-corrected chi connectivity index (χ1v) is 7.44. The SMILES string of the molecule is CC1CCCCC1CNC(=O)N1CC(O)CC1C(=O)O. The van der Waals surface area contributed by atoms with Crippen molar-refractivity contribution < 1.29 is 19.8 Å². The minimum Gasteiger partial charge on any atom is -0.480 e. The number of carbonyl (C=O) groups is 2. The number of aliphatic carboxylic acids is 1. The van der Waals surface area contributed by atoms with Gasteiger partial charge in [-0.25, -0.2) is 9.59 Å². The summed E-state index contributed by atoms with van der Waals surface area (Å²) < 4.78 is 0. The molecule has 2 rings (SSSR count). The van der Waals surface area contributed by atoms with E-state index in [0.29, 0.717) is 18.4 Å². The minimum atomic E-state index is -1.05. The van der Waals surface area contributed by atoms with Crippen LogP contribution in [0.5, 0.6) is 0 Å². The molecule has 0 radical (unpaired) electrons. The van der Waals surface area contributed by atoms with Gasteiger partial charge in [0.05, 0.1) is 6.10 Å². The fourth-order valence-corrected chi connectivity index (χ4v) is 3.29. The molecular formula is C14H24N2O4. The van der Waals surface area contributed by atoms with Crippen LogP contribution in [0.1, 0.15) is 39.0 Å². The number of carbonyl (C=O) groups excluding carboxylic acids is 1. The average molecular weight is 284 g/mol. The summed E-state index contributed by atoms with van der Waals surface area (Å²) in [7, 11) is 0. The summed E-state index contributed by atoms with van der Waals surface area (Å²) in [4.78, 5) is 24.4. The Bertz CT molecular complexity index is 374. The van der Waals surface area contributed by atoms with Crippen LogP contribution in [0.2, 0.25) is 0 Å². The van der Waals surface area contributed by atoms with Gasteiger partial charge in [-0.1, -0.05) is 26.2 Å². The molecular weight excluding hydrogens is 260 g/mol. The molecule has 20 heavy (non-hydrogen) atoms. The van der Waals surface area contributed by atoms with E-state index >= 15 is 0 Å². The van der Waals surface area contributed by atoms with Gasteiger partial charge in [0.1, 0.15) is 6.04 Å². The minimum absolute atomic E-state index is 0.100. The van der Waals surface area contributed by atoms with Crippen LogP contribution in [-0.4, -0.2) is 52.3 Å². The van der Waals surface area contributed by atoms with E-state index in [2.05, 4.69) is 12.2 Å². The van der Waals surface area contributed by atoms with Crippen LogP contribution in [0.3, 0.4) is 0 Å². The summed E-state index contributed by atoms with van der Waals surface area (Å²) in [6.45, 7) is 2.90. The molecule has 2 amide bonds. The highest BCUT2D eigenvalue weighted by Crippen LogP contribution is 2.29. The monoisotopic (exact) mass is 284 g/mol. The van der Waals surface area contributed by atoms with Gasteiger partial charge in [-0.15, -0.1) is 0 Å². The molecule has 0 aromatic heterocycles. The van der Waals surface area contributed by atoms with Gasteiger partial charge < -0.3 is 20.4 Å². The number of carboxylic acids is 1. The molecule has 3 N–H and O–H groups in total. The maximum Gasteiger partial charge on any atom is 0.326 e. The van der Waals surface area contributed by atoms with Gasteiger partial charge in [0.25, 0.3) is 0 Å². The molecule has 1 aliphatic carbocycles. The molecule has 0 aromatic carbocycles. The van der Waals surface area contributed by atoms with Gasteiger partial charge in [0.15, 0.2) is 0 Å². The standard InChI is InChI=1S/C14H24N2O4/c1-9-4-2-3-5-10(9)7-15-14(20)16-8-11(17)6-12(16)13(18)19/h9-12,17H,2-8H2,1H3,(H,15,20)(H,18,19). The number of amides is 2. The Morgan fingerprint density at radius 2 is 2.00 bits per heavy atom. The first-order chi connectivity index (χ1) is 9.49. The molecule has 1 saturated heterocycles. The third kappa shape index (κ3) is 3.42. The van der Waals surface area contributed by atoms with E-state index in [1.807, 2.05) is 0 Å². The van der Waals surface area contributed by atoms with E-state index in [9.17, 15) is 14.7 Å². The van der Waals surface area contributed by atoms with Crippen molar-refractivity contribution in [1.82, 2.24) is 10.2 Å². The van der Waals surface area contributed by atoms with Crippen molar-refractivity contribution in [1.29, 1.82) is 0 Å². The second-order valence-electron chi connectivity index (χ2n) is 6.10. The number of urea groups is 1. The molecule has 0 bridgehead atoms. The Labute approximate surface area is 119 Å². The molecule has 0 aromatic rings. The topological polar surface area (TPSA) is 89.9 Å². The number of aliphatic hydroxyl groups excluding tert-OH is 1. The number of likely N-dealkylation sites (tertiary alicyclic amines) is 1. The molecule has 1 saturated carbocycles. The summed E-state index contributed by atoms with van der Waals surface area (Å²) in [5.74, 6) is 0.0229. The van der Waals surface area contributed by atoms with Crippen LogP contribution in [-0.2, 0) is 4.79 Å². The second-order valence-corrected chi connectivity index (χ2v) is 6.10. The quantitative estimate of drug-likeness (QED) is 0.722. The Morgan fingerprint density at radius 3 is 2.65 bits per heavy atom. The summed E-state index contributed by atoms with van der Waals surface area (Å²) >= 11 is 0. The van der Waals surface area contributed by atoms with E-state index < -0.39 is 18.1 Å². The normalized spacial score (nSPS) is 34.0. The number of carboxylic acid groups (broad SMARTS) is 1. The lowest BCUT2D eigenvalue weighted by Gasteiger charge is -2.30. The predicted molar refractivity (Wildman–Crippen MR) is 73.3 cm³/mol. The van der Waals surface area contributed by atoms with Crippen LogP contribution in [0.25, 0.3) is 0 Å². The van der Waals surface area contributed by atoms with Crippen LogP contribution in [0.4, 0.5) is 4.79 Å². The average Bonchev–Trinajstić information content (AvgIpc) is 2.80. The molecule has 2 fully saturated rings. The number of aliphatic hydroxyl groups is 1. The van der Waals surface area contributed by atoms with Crippen molar-refractivity contribution in [3.05, 3.63) is 0 Å². The maximum atomic E-state index is 12.1. The lowest BCUT2D eigenvalue weighted by molar-refractivity contribution is -0.141. The highest BCUT2D eigenvalue weighted by atomic mass is 16.4. The van der Waals surface area contributed by atoms with Gasteiger partial charge in [-0.2, -0.15) is 0 Å². The molecule has 1 heterocycles. The lowest BCUT2D eigenvalue weighted by atomic mass is 9.80. The van der Waals surface area contributed by atoms with Crippen LogP contribution >= 0.6 is 0 Å². The second kappa shape index (κ2) is 6.43. The van der Waals surface area contributed by atoms with E-state index in [4.69, 9.17) is 5.11 Å². The summed E-state index contributed by atoms with van der Waals surface area (Å²) in [6.07, 6.45) is 4.14. The van der Waals surface area contributed by atoms with Gasteiger partial charge >= 0.3 is 12.0 Å². The molecule has 114 valence electrons. The molecule has 6 nitrogen and oxygen atoms in total. The summed E-state index contributed by atoms with van der Waals surface area (Å²) in [6, 6.07) is -1.28. The maximum absolute atomic E-state index is 12.1. The van der Waals surface area contributed by atoms with Crippen LogP contribution in [0, 0.1) is 11.8 Å². The Morgan fingerprint density at radius 1 is 1.30 bits per heavy atom. The van der Waals surface area contributed by atoms with Crippen molar-refractivity contribution in [3.8, 4) is 0 Å². The number of hydrogen-bond acceptors (Lipinski definition) is 3. The first-order valence-electron chi connectivity index (χ1n) is 7.44. The van der Waals surface area contributed by atoms with Crippen molar-refractivity contribution in [2.24, 2.45) is 11.8 Å². The highest BCUT2D eigenvalue weighted by Gasteiger charge is 2.39. The zero-order valence-electron chi connectivity index (χ0n) is 11.9. The van der Waals surface area contributed by atoms with Crippen molar-refractivity contribution in [3.63, 3.8) is 0 Å².